The minimum absolute atomic E-state index is 0.0566. The van der Waals surface area contributed by atoms with E-state index in [4.69, 9.17) is 11.6 Å². The number of imidazole rings is 1. The first-order chi connectivity index (χ1) is 15.2. The van der Waals surface area contributed by atoms with E-state index >= 15 is 0 Å². The predicted molar refractivity (Wildman–Crippen MR) is 127 cm³/mol. The molecule has 0 unspecified atom stereocenters. The number of carbonyl (C=O) groups is 1. The maximum atomic E-state index is 12.8. The van der Waals surface area contributed by atoms with Crippen LogP contribution in [0.5, 0.6) is 0 Å². The summed E-state index contributed by atoms with van der Waals surface area (Å²) in [6, 6.07) is 7.50. The Labute approximate surface area is 191 Å². The molecule has 0 radical (unpaired) electrons. The second-order valence-electron chi connectivity index (χ2n) is 8.44. The molecule has 1 amide bonds. The molecule has 32 heavy (non-hydrogen) atoms. The fraction of sp³-hybridized carbons (Fsp3) is 0.304. The smallest absolute Gasteiger partial charge is 0.269 e. The molecule has 3 aromatic heterocycles. The third-order valence-corrected chi connectivity index (χ3v) is 5.29. The molecule has 0 bridgehead atoms. The molecule has 0 atom stereocenters. The van der Waals surface area contributed by atoms with Crippen molar-refractivity contribution in [3.05, 3.63) is 53.7 Å². The van der Waals surface area contributed by atoms with Crippen LogP contribution < -0.4 is 5.32 Å². The normalized spacial score (nSPS) is 11.3. The van der Waals surface area contributed by atoms with E-state index in [9.17, 15) is 4.79 Å². The summed E-state index contributed by atoms with van der Waals surface area (Å²) in [5.74, 6) is 0.740. The lowest BCUT2D eigenvalue weighted by molar-refractivity contribution is 0.0817. The van der Waals surface area contributed by atoms with Crippen LogP contribution in [0.2, 0.25) is 5.02 Å². The fourth-order valence-electron chi connectivity index (χ4n) is 3.63. The van der Waals surface area contributed by atoms with Gasteiger partial charge in [-0.1, -0.05) is 25.4 Å². The third-order valence-electron chi connectivity index (χ3n) is 5.00. The van der Waals surface area contributed by atoms with Gasteiger partial charge < -0.3 is 19.4 Å². The molecule has 0 saturated heterocycles. The second-order valence-corrected chi connectivity index (χ2v) is 8.85. The number of anilines is 2. The number of benzene rings is 1. The third kappa shape index (κ3) is 4.31. The molecule has 3 heterocycles. The van der Waals surface area contributed by atoms with Gasteiger partial charge in [0, 0.05) is 51.2 Å². The summed E-state index contributed by atoms with van der Waals surface area (Å²) in [5.41, 5.74) is 3.69. The van der Waals surface area contributed by atoms with Crippen molar-refractivity contribution < 1.29 is 4.79 Å². The molecule has 1 aromatic carbocycles. The van der Waals surface area contributed by atoms with E-state index in [0.717, 1.165) is 28.0 Å². The number of halogens is 1. The summed E-state index contributed by atoms with van der Waals surface area (Å²) in [6.45, 7) is 4.93. The zero-order valence-electron chi connectivity index (χ0n) is 18.8. The number of carbonyl (C=O) groups excluding carboxylic acids is 1. The molecule has 9 heteroatoms. The quantitative estimate of drug-likeness (QED) is 0.463. The number of rotatable bonds is 6. The SMILES string of the molecule is CC(C)Cn1c(C(=O)N(C)C)cc2cc(Nc3nccc(-c4cn(C)cn4)n3)cc(Cl)c21. The Hall–Kier alpha value is -3.39. The first-order valence-electron chi connectivity index (χ1n) is 10.4. The average Bonchev–Trinajstić information content (AvgIpc) is 3.31. The number of hydrogen-bond donors (Lipinski definition) is 1. The Morgan fingerprint density at radius 1 is 1.19 bits per heavy atom. The van der Waals surface area contributed by atoms with Crippen LogP contribution in [0, 0.1) is 5.92 Å². The van der Waals surface area contributed by atoms with Crippen LogP contribution in [0.25, 0.3) is 22.3 Å². The lowest BCUT2D eigenvalue weighted by Gasteiger charge is -2.16. The van der Waals surface area contributed by atoms with Gasteiger partial charge in [0.05, 0.1) is 22.6 Å². The van der Waals surface area contributed by atoms with Gasteiger partial charge in [0.1, 0.15) is 11.4 Å². The van der Waals surface area contributed by atoms with E-state index in [1.165, 1.54) is 0 Å². The fourth-order valence-corrected chi connectivity index (χ4v) is 3.96. The van der Waals surface area contributed by atoms with Gasteiger partial charge in [-0.25, -0.2) is 15.0 Å². The summed E-state index contributed by atoms with van der Waals surface area (Å²) in [5, 5.41) is 4.67. The summed E-state index contributed by atoms with van der Waals surface area (Å²) in [6.07, 6.45) is 5.31. The summed E-state index contributed by atoms with van der Waals surface area (Å²) >= 11 is 6.71. The summed E-state index contributed by atoms with van der Waals surface area (Å²) < 4.78 is 3.87. The Morgan fingerprint density at radius 2 is 1.97 bits per heavy atom. The van der Waals surface area contributed by atoms with Gasteiger partial charge in [-0.2, -0.15) is 0 Å². The number of aryl methyl sites for hydroxylation is 1. The van der Waals surface area contributed by atoms with Crippen LogP contribution in [-0.4, -0.2) is 49.0 Å². The molecule has 0 aliphatic rings. The highest BCUT2D eigenvalue weighted by Gasteiger charge is 2.20. The highest BCUT2D eigenvalue weighted by molar-refractivity contribution is 6.35. The van der Waals surface area contributed by atoms with Crippen LogP contribution in [0.3, 0.4) is 0 Å². The summed E-state index contributed by atoms with van der Waals surface area (Å²) in [7, 11) is 5.41. The zero-order valence-corrected chi connectivity index (χ0v) is 19.6. The van der Waals surface area contributed by atoms with Crippen LogP contribution in [0.4, 0.5) is 11.6 Å². The number of hydrogen-bond acceptors (Lipinski definition) is 5. The number of aromatic nitrogens is 5. The molecular weight excluding hydrogens is 426 g/mol. The van der Waals surface area contributed by atoms with E-state index in [-0.39, 0.29) is 5.91 Å². The molecular formula is C23H26ClN7O. The molecule has 8 nitrogen and oxygen atoms in total. The van der Waals surface area contributed by atoms with Crippen molar-refractivity contribution in [1.82, 2.24) is 29.0 Å². The van der Waals surface area contributed by atoms with Crippen molar-refractivity contribution in [2.45, 2.75) is 20.4 Å². The van der Waals surface area contributed by atoms with E-state index in [1.54, 1.807) is 31.5 Å². The van der Waals surface area contributed by atoms with Crippen molar-refractivity contribution in [3.8, 4) is 11.4 Å². The second kappa shape index (κ2) is 8.63. The van der Waals surface area contributed by atoms with Gasteiger partial charge in [-0.05, 0) is 30.2 Å². The number of nitrogens with zero attached hydrogens (tertiary/aromatic N) is 6. The Morgan fingerprint density at radius 3 is 2.62 bits per heavy atom. The minimum Gasteiger partial charge on any atom is -0.343 e. The molecule has 1 N–H and O–H groups in total. The van der Waals surface area contributed by atoms with Crippen LogP contribution in [-0.2, 0) is 13.6 Å². The van der Waals surface area contributed by atoms with Gasteiger partial charge in [-0.15, -0.1) is 0 Å². The van der Waals surface area contributed by atoms with E-state index in [0.29, 0.717) is 29.1 Å². The molecule has 4 aromatic rings. The van der Waals surface area contributed by atoms with Gasteiger partial charge in [0.2, 0.25) is 5.95 Å². The first-order valence-corrected chi connectivity index (χ1v) is 10.7. The molecule has 0 spiro atoms. The molecule has 4 rings (SSSR count). The Kier molecular flexibility index (Phi) is 5.88. The first kappa shape index (κ1) is 21.8. The Balaban J connectivity index is 1.73. The van der Waals surface area contributed by atoms with Crippen molar-refractivity contribution in [2.75, 3.05) is 19.4 Å². The van der Waals surface area contributed by atoms with Gasteiger partial charge in [-0.3, -0.25) is 4.79 Å². The Bertz CT molecular complexity index is 1290. The number of nitrogens with one attached hydrogen (secondary N) is 1. The van der Waals surface area contributed by atoms with Gasteiger partial charge in [0.25, 0.3) is 5.91 Å². The van der Waals surface area contributed by atoms with Gasteiger partial charge in [0.15, 0.2) is 0 Å². The van der Waals surface area contributed by atoms with E-state index in [2.05, 4.69) is 34.1 Å². The molecule has 0 fully saturated rings. The monoisotopic (exact) mass is 451 g/mol. The molecule has 166 valence electrons. The predicted octanol–water partition coefficient (Wildman–Crippen LogP) is 4.59. The standard InChI is InChI=1S/C23H26ClN7O/c1-14(2)11-31-20(22(32)29(3)4)9-15-8-16(10-17(24)21(15)31)27-23-25-7-6-18(28-23)19-12-30(5)13-26-19/h6-10,12-14H,11H2,1-5H3,(H,25,27,28). The zero-order chi connectivity index (χ0) is 23.0. The van der Waals surface area contributed by atoms with Crippen LogP contribution in [0.15, 0.2) is 43.0 Å². The van der Waals surface area contributed by atoms with Crippen LogP contribution >= 0.6 is 11.6 Å². The molecule has 0 aliphatic carbocycles. The maximum absolute atomic E-state index is 12.8. The minimum atomic E-state index is -0.0566. The highest BCUT2D eigenvalue weighted by Crippen LogP contribution is 2.33. The lowest BCUT2D eigenvalue weighted by atomic mass is 10.2. The highest BCUT2D eigenvalue weighted by atomic mass is 35.5. The number of amides is 1. The largest absolute Gasteiger partial charge is 0.343 e. The summed E-state index contributed by atoms with van der Waals surface area (Å²) in [4.78, 5) is 27.6. The van der Waals surface area contributed by atoms with Crippen LogP contribution in [0.1, 0.15) is 24.3 Å². The van der Waals surface area contributed by atoms with Crippen molar-refractivity contribution >= 4 is 40.0 Å². The van der Waals surface area contributed by atoms with E-state index < -0.39 is 0 Å². The van der Waals surface area contributed by atoms with Crippen molar-refractivity contribution in [3.63, 3.8) is 0 Å². The number of fused-ring (bicyclic) bond motifs is 1. The molecule has 0 aliphatic heterocycles. The topological polar surface area (TPSA) is 80.9 Å². The van der Waals surface area contributed by atoms with E-state index in [1.807, 2.05) is 46.6 Å². The average molecular weight is 452 g/mol. The lowest BCUT2D eigenvalue weighted by Crippen LogP contribution is -2.25. The molecule has 0 saturated carbocycles. The van der Waals surface area contributed by atoms with Crippen molar-refractivity contribution in [2.24, 2.45) is 13.0 Å². The van der Waals surface area contributed by atoms with Crippen molar-refractivity contribution in [1.29, 1.82) is 0 Å². The maximum Gasteiger partial charge on any atom is 0.269 e. The van der Waals surface area contributed by atoms with Gasteiger partial charge >= 0.3 is 0 Å².